The van der Waals surface area contributed by atoms with Crippen LogP contribution in [0.4, 0.5) is 0 Å². The Labute approximate surface area is 72.6 Å². The van der Waals surface area contributed by atoms with Crippen LogP contribution in [0.5, 0.6) is 0 Å². The van der Waals surface area contributed by atoms with Gasteiger partial charge in [0.1, 0.15) is 0 Å². The lowest BCUT2D eigenvalue weighted by molar-refractivity contribution is -0.129. The number of aliphatic carboxylic acids is 1. The number of rotatable bonds is 6. The first-order chi connectivity index (χ1) is 5.18. The van der Waals surface area contributed by atoms with Crippen molar-refractivity contribution in [3.63, 3.8) is 0 Å². The topological polar surface area (TPSA) is 37.3 Å². The Morgan fingerprint density at radius 3 is 2.45 bits per heavy atom. The predicted molar refractivity (Wildman–Crippen MR) is 49.0 cm³/mol. The molecule has 0 aromatic rings. The van der Waals surface area contributed by atoms with Gasteiger partial charge in [0, 0.05) is 0 Å². The van der Waals surface area contributed by atoms with E-state index in [0.29, 0.717) is 6.42 Å². The highest BCUT2D eigenvalue weighted by atomic mass is 32.1. The van der Waals surface area contributed by atoms with Gasteiger partial charge in [-0.25, -0.2) is 4.79 Å². The molecule has 0 aliphatic carbocycles. The molecule has 0 aromatic carbocycles. The summed E-state index contributed by atoms with van der Waals surface area (Å²) in [6.45, 7) is 2.12. The largest absolute Gasteiger partial charge is 0.477 e. The van der Waals surface area contributed by atoms with Crippen LogP contribution in [0.3, 0.4) is 0 Å². The summed E-state index contributed by atoms with van der Waals surface area (Å²) in [6, 6.07) is 0. The number of thiocarbonyl (C=S) groups is 1. The molecule has 0 saturated carbocycles. The van der Waals surface area contributed by atoms with Crippen molar-refractivity contribution in [1.82, 2.24) is 0 Å². The summed E-state index contributed by atoms with van der Waals surface area (Å²) in [4.78, 5) is 10.4. The van der Waals surface area contributed by atoms with E-state index < -0.39 is 5.97 Å². The van der Waals surface area contributed by atoms with Gasteiger partial charge in [0.15, 0.2) is 0 Å². The van der Waals surface area contributed by atoms with Crippen LogP contribution in [-0.2, 0) is 4.79 Å². The molecule has 0 amide bonds. The van der Waals surface area contributed by atoms with Crippen LogP contribution in [0.2, 0.25) is 0 Å². The molecule has 0 aliphatic heterocycles. The Morgan fingerprint density at radius 1 is 1.36 bits per heavy atom. The third-order valence-corrected chi connectivity index (χ3v) is 1.87. The van der Waals surface area contributed by atoms with Crippen LogP contribution in [0.15, 0.2) is 0 Å². The molecule has 1 N–H and O–H groups in total. The van der Waals surface area contributed by atoms with E-state index in [1.807, 2.05) is 0 Å². The van der Waals surface area contributed by atoms with Crippen molar-refractivity contribution in [2.24, 2.45) is 0 Å². The quantitative estimate of drug-likeness (QED) is 0.496. The number of carboxylic acids is 1. The minimum Gasteiger partial charge on any atom is -0.477 e. The maximum atomic E-state index is 10.2. The predicted octanol–water partition coefficient (Wildman–Crippen LogP) is 2.41. The first-order valence-electron chi connectivity index (χ1n) is 3.94. The second kappa shape index (κ2) is 6.28. The number of carbonyl (C=O) groups is 1. The summed E-state index contributed by atoms with van der Waals surface area (Å²) in [5, 5.41) is 8.40. The molecule has 0 spiro atoms. The summed E-state index contributed by atoms with van der Waals surface area (Å²) in [6.07, 6.45) is 4.90. The van der Waals surface area contributed by atoms with Gasteiger partial charge in [-0.1, -0.05) is 38.4 Å². The molecule has 3 heteroatoms. The van der Waals surface area contributed by atoms with E-state index in [-0.39, 0.29) is 4.86 Å². The van der Waals surface area contributed by atoms with Crippen molar-refractivity contribution in [3.8, 4) is 0 Å². The van der Waals surface area contributed by atoms with Crippen molar-refractivity contribution >= 4 is 23.1 Å². The van der Waals surface area contributed by atoms with Crippen molar-refractivity contribution in [3.05, 3.63) is 0 Å². The van der Waals surface area contributed by atoms with Crippen LogP contribution in [0.25, 0.3) is 0 Å². The summed E-state index contributed by atoms with van der Waals surface area (Å²) < 4.78 is 0. The maximum absolute atomic E-state index is 10.2. The monoisotopic (exact) mass is 174 g/mol. The van der Waals surface area contributed by atoms with Crippen LogP contribution in [0.1, 0.15) is 39.0 Å². The van der Waals surface area contributed by atoms with Crippen molar-refractivity contribution in [2.75, 3.05) is 0 Å². The molecular weight excluding hydrogens is 160 g/mol. The highest BCUT2D eigenvalue weighted by Gasteiger charge is 2.04. The summed E-state index contributed by atoms with van der Waals surface area (Å²) in [5.74, 6) is -0.934. The van der Waals surface area contributed by atoms with Crippen LogP contribution in [0, 0.1) is 0 Å². The third kappa shape index (κ3) is 5.98. The first-order valence-corrected chi connectivity index (χ1v) is 4.35. The molecular formula is C8H14O2S. The van der Waals surface area contributed by atoms with Gasteiger partial charge < -0.3 is 5.11 Å². The van der Waals surface area contributed by atoms with Crippen LogP contribution in [-0.4, -0.2) is 15.9 Å². The van der Waals surface area contributed by atoms with Gasteiger partial charge >= 0.3 is 5.97 Å². The number of hydrogen-bond donors (Lipinski definition) is 1. The van der Waals surface area contributed by atoms with E-state index in [4.69, 9.17) is 5.11 Å². The van der Waals surface area contributed by atoms with E-state index in [9.17, 15) is 4.79 Å². The van der Waals surface area contributed by atoms with E-state index in [1.54, 1.807) is 0 Å². The lowest BCUT2D eigenvalue weighted by Crippen LogP contribution is -2.09. The van der Waals surface area contributed by atoms with Crippen molar-refractivity contribution in [1.29, 1.82) is 0 Å². The highest BCUT2D eigenvalue weighted by molar-refractivity contribution is 7.82. The normalized spacial score (nSPS) is 9.55. The summed E-state index contributed by atoms with van der Waals surface area (Å²) in [5.41, 5.74) is 0. The fourth-order valence-electron chi connectivity index (χ4n) is 0.819. The third-order valence-electron chi connectivity index (χ3n) is 1.50. The molecule has 11 heavy (non-hydrogen) atoms. The lowest BCUT2D eigenvalue weighted by atomic mass is 10.1. The zero-order chi connectivity index (χ0) is 8.69. The van der Waals surface area contributed by atoms with E-state index in [2.05, 4.69) is 19.1 Å². The number of hydrogen-bond acceptors (Lipinski definition) is 2. The van der Waals surface area contributed by atoms with Gasteiger partial charge in [-0.05, 0) is 12.8 Å². The second-order valence-corrected chi connectivity index (χ2v) is 3.03. The molecule has 64 valence electrons. The first kappa shape index (κ1) is 10.6. The maximum Gasteiger partial charge on any atom is 0.342 e. The minimum atomic E-state index is -0.934. The van der Waals surface area contributed by atoms with Crippen molar-refractivity contribution < 1.29 is 9.90 Å². The SMILES string of the molecule is CCCCCCC(=S)C(=O)O. The zero-order valence-corrected chi connectivity index (χ0v) is 7.62. The molecule has 0 aromatic heterocycles. The zero-order valence-electron chi connectivity index (χ0n) is 6.80. The summed E-state index contributed by atoms with van der Waals surface area (Å²) in [7, 11) is 0. The fraction of sp³-hybridized carbons (Fsp3) is 0.750. The molecule has 0 aliphatic rings. The van der Waals surface area contributed by atoms with Gasteiger partial charge in [-0.15, -0.1) is 0 Å². The van der Waals surface area contributed by atoms with Crippen molar-refractivity contribution in [2.45, 2.75) is 39.0 Å². The molecule has 0 rings (SSSR count). The minimum absolute atomic E-state index is 0.168. The summed E-state index contributed by atoms with van der Waals surface area (Å²) >= 11 is 4.63. The molecule has 0 atom stereocenters. The number of carboxylic acid groups (broad SMARTS) is 1. The highest BCUT2D eigenvalue weighted by Crippen LogP contribution is 2.03. The molecule has 0 fully saturated rings. The van der Waals surface area contributed by atoms with Gasteiger partial charge in [0.05, 0.1) is 4.86 Å². The average molecular weight is 174 g/mol. The fourth-order valence-corrected chi connectivity index (χ4v) is 0.964. The van der Waals surface area contributed by atoms with Crippen LogP contribution < -0.4 is 0 Å². The standard InChI is InChI=1S/C8H14O2S/c1-2-3-4-5-6-7(11)8(9)10/h2-6H2,1H3,(H,9,10). The van der Waals surface area contributed by atoms with E-state index in [1.165, 1.54) is 12.8 Å². The van der Waals surface area contributed by atoms with Gasteiger partial charge in [0.2, 0.25) is 0 Å². The average Bonchev–Trinajstić information content (AvgIpc) is 1.97. The van der Waals surface area contributed by atoms with Gasteiger partial charge in [-0.3, -0.25) is 0 Å². The Morgan fingerprint density at radius 2 is 2.00 bits per heavy atom. The smallest absolute Gasteiger partial charge is 0.342 e. The van der Waals surface area contributed by atoms with E-state index in [0.717, 1.165) is 12.8 Å². The molecule has 2 nitrogen and oxygen atoms in total. The molecule has 0 saturated heterocycles. The number of unbranched alkanes of at least 4 members (excludes halogenated alkanes) is 3. The molecule has 0 heterocycles. The van der Waals surface area contributed by atoms with Gasteiger partial charge in [0.25, 0.3) is 0 Å². The Bertz CT molecular complexity index is 143. The Hall–Kier alpha value is -0.440. The molecule has 0 unspecified atom stereocenters. The van der Waals surface area contributed by atoms with Gasteiger partial charge in [-0.2, -0.15) is 0 Å². The molecule has 0 bridgehead atoms. The van der Waals surface area contributed by atoms with Crippen LogP contribution >= 0.6 is 12.2 Å². The molecule has 0 radical (unpaired) electrons. The Balaban J connectivity index is 3.25. The lowest BCUT2D eigenvalue weighted by Gasteiger charge is -1.97. The van der Waals surface area contributed by atoms with E-state index >= 15 is 0 Å². The second-order valence-electron chi connectivity index (χ2n) is 2.54. The Kier molecular flexibility index (Phi) is 6.03.